The molecule has 28 heavy (non-hydrogen) atoms. The number of hydrogen-bond acceptors (Lipinski definition) is 4. The van der Waals surface area contributed by atoms with Gasteiger partial charge in [0, 0.05) is 18.3 Å². The number of aryl methyl sites for hydroxylation is 1. The SMILES string of the molecule is CC(=O)Nc1ccc(S(=O)(=O)Nc2ccc(Oc3ccccc3)cc2)cc1C. The molecule has 3 rings (SSSR count). The van der Waals surface area contributed by atoms with E-state index in [0.717, 1.165) is 0 Å². The number of sulfonamides is 1. The smallest absolute Gasteiger partial charge is 0.261 e. The summed E-state index contributed by atoms with van der Waals surface area (Å²) >= 11 is 0. The van der Waals surface area contributed by atoms with Gasteiger partial charge in [-0.3, -0.25) is 9.52 Å². The van der Waals surface area contributed by atoms with E-state index in [4.69, 9.17) is 4.74 Å². The van der Waals surface area contributed by atoms with E-state index in [0.29, 0.717) is 28.4 Å². The van der Waals surface area contributed by atoms with Crippen LogP contribution in [0.15, 0.2) is 77.7 Å². The monoisotopic (exact) mass is 396 g/mol. The average molecular weight is 396 g/mol. The zero-order valence-electron chi connectivity index (χ0n) is 15.5. The minimum absolute atomic E-state index is 0.115. The normalized spacial score (nSPS) is 10.9. The molecule has 0 spiro atoms. The molecule has 1 amide bonds. The molecule has 0 atom stereocenters. The Morgan fingerprint density at radius 3 is 2.14 bits per heavy atom. The summed E-state index contributed by atoms with van der Waals surface area (Å²) in [6.45, 7) is 3.14. The van der Waals surface area contributed by atoms with Crippen molar-refractivity contribution < 1.29 is 17.9 Å². The molecule has 6 nitrogen and oxygen atoms in total. The number of amides is 1. The largest absolute Gasteiger partial charge is 0.457 e. The van der Waals surface area contributed by atoms with Crippen LogP contribution in [0.1, 0.15) is 12.5 Å². The third-order valence-corrected chi connectivity index (χ3v) is 5.28. The fourth-order valence-corrected chi connectivity index (χ4v) is 3.71. The number of hydrogen-bond donors (Lipinski definition) is 2. The number of benzene rings is 3. The topological polar surface area (TPSA) is 84.5 Å². The molecule has 0 radical (unpaired) electrons. The molecule has 2 N–H and O–H groups in total. The van der Waals surface area contributed by atoms with Crippen LogP contribution in [-0.4, -0.2) is 14.3 Å². The van der Waals surface area contributed by atoms with Gasteiger partial charge in [-0.2, -0.15) is 0 Å². The van der Waals surface area contributed by atoms with Gasteiger partial charge in [0.1, 0.15) is 11.5 Å². The van der Waals surface area contributed by atoms with Crippen molar-refractivity contribution in [2.45, 2.75) is 18.7 Å². The maximum absolute atomic E-state index is 12.6. The van der Waals surface area contributed by atoms with Crippen LogP contribution in [0.3, 0.4) is 0 Å². The zero-order valence-corrected chi connectivity index (χ0v) is 16.3. The van der Waals surface area contributed by atoms with Crippen molar-refractivity contribution in [2.75, 3.05) is 10.0 Å². The highest BCUT2D eigenvalue weighted by molar-refractivity contribution is 7.92. The number of carbonyl (C=O) groups is 1. The third-order valence-electron chi connectivity index (χ3n) is 3.90. The lowest BCUT2D eigenvalue weighted by Crippen LogP contribution is -2.14. The number of para-hydroxylation sites is 1. The summed E-state index contributed by atoms with van der Waals surface area (Å²) in [4.78, 5) is 11.3. The van der Waals surface area contributed by atoms with Crippen molar-refractivity contribution in [3.63, 3.8) is 0 Å². The molecule has 0 fully saturated rings. The Balaban J connectivity index is 1.73. The maximum atomic E-state index is 12.6. The Labute approximate surface area is 164 Å². The number of anilines is 2. The second-order valence-electron chi connectivity index (χ2n) is 6.20. The standard InChI is InChI=1S/C21H20N2O4S/c1-15-14-20(12-13-21(15)22-16(2)24)28(25,26)23-17-8-10-19(11-9-17)27-18-6-4-3-5-7-18/h3-14,23H,1-2H3,(H,22,24). The molecule has 0 heterocycles. The Kier molecular flexibility index (Phi) is 5.65. The van der Waals surface area contributed by atoms with Crippen molar-refractivity contribution in [3.8, 4) is 11.5 Å². The van der Waals surface area contributed by atoms with Crippen LogP contribution in [0.4, 0.5) is 11.4 Å². The lowest BCUT2D eigenvalue weighted by molar-refractivity contribution is -0.114. The van der Waals surface area contributed by atoms with Gasteiger partial charge in [0.15, 0.2) is 0 Å². The van der Waals surface area contributed by atoms with E-state index >= 15 is 0 Å². The number of nitrogens with one attached hydrogen (secondary N) is 2. The molecule has 0 unspecified atom stereocenters. The Morgan fingerprint density at radius 1 is 0.893 bits per heavy atom. The minimum Gasteiger partial charge on any atom is -0.457 e. The van der Waals surface area contributed by atoms with Crippen molar-refractivity contribution in [1.29, 1.82) is 0 Å². The van der Waals surface area contributed by atoms with E-state index in [-0.39, 0.29) is 10.8 Å². The number of ether oxygens (including phenoxy) is 1. The van der Waals surface area contributed by atoms with Crippen LogP contribution >= 0.6 is 0 Å². The summed E-state index contributed by atoms with van der Waals surface area (Å²) in [7, 11) is -3.76. The lowest BCUT2D eigenvalue weighted by Gasteiger charge is -2.12. The molecule has 0 aliphatic heterocycles. The lowest BCUT2D eigenvalue weighted by atomic mass is 10.2. The zero-order chi connectivity index (χ0) is 20.1. The van der Waals surface area contributed by atoms with Gasteiger partial charge in [-0.1, -0.05) is 18.2 Å². The Hall–Kier alpha value is -3.32. The predicted octanol–water partition coefficient (Wildman–Crippen LogP) is 4.55. The summed E-state index contributed by atoms with van der Waals surface area (Å²) < 4.78 is 33.5. The van der Waals surface area contributed by atoms with Gasteiger partial charge < -0.3 is 10.1 Å². The first-order valence-electron chi connectivity index (χ1n) is 8.57. The Morgan fingerprint density at radius 2 is 1.54 bits per heavy atom. The van der Waals surface area contributed by atoms with E-state index in [2.05, 4.69) is 10.0 Å². The van der Waals surface area contributed by atoms with Crippen LogP contribution in [0, 0.1) is 6.92 Å². The molecular weight excluding hydrogens is 376 g/mol. The Bertz CT molecular complexity index is 1080. The summed E-state index contributed by atoms with van der Waals surface area (Å²) in [6.07, 6.45) is 0. The van der Waals surface area contributed by atoms with Gasteiger partial charge in [0.2, 0.25) is 5.91 Å². The molecule has 0 saturated carbocycles. The van der Waals surface area contributed by atoms with Crippen molar-refractivity contribution in [3.05, 3.63) is 78.4 Å². The van der Waals surface area contributed by atoms with Crippen LogP contribution in [0.2, 0.25) is 0 Å². The fraction of sp³-hybridized carbons (Fsp3) is 0.0952. The average Bonchev–Trinajstić information content (AvgIpc) is 2.65. The van der Waals surface area contributed by atoms with Gasteiger partial charge in [-0.25, -0.2) is 8.42 Å². The van der Waals surface area contributed by atoms with E-state index < -0.39 is 10.0 Å². The summed E-state index contributed by atoms with van der Waals surface area (Å²) in [5, 5.41) is 2.66. The maximum Gasteiger partial charge on any atom is 0.261 e. The minimum atomic E-state index is -3.76. The molecule has 3 aromatic rings. The second kappa shape index (κ2) is 8.14. The van der Waals surface area contributed by atoms with E-state index in [1.807, 2.05) is 30.3 Å². The third kappa shape index (κ3) is 4.89. The van der Waals surface area contributed by atoms with Crippen LogP contribution in [-0.2, 0) is 14.8 Å². The van der Waals surface area contributed by atoms with Gasteiger partial charge in [-0.05, 0) is 67.1 Å². The molecule has 144 valence electrons. The highest BCUT2D eigenvalue weighted by Gasteiger charge is 2.16. The molecule has 0 bridgehead atoms. The molecule has 0 aromatic heterocycles. The number of rotatable bonds is 6. The number of carbonyl (C=O) groups excluding carboxylic acids is 1. The molecular formula is C21H20N2O4S. The van der Waals surface area contributed by atoms with Gasteiger partial charge >= 0.3 is 0 Å². The molecule has 0 saturated heterocycles. The highest BCUT2D eigenvalue weighted by Crippen LogP contribution is 2.25. The van der Waals surface area contributed by atoms with Gasteiger partial charge in [-0.15, -0.1) is 0 Å². The fourth-order valence-electron chi connectivity index (χ4n) is 2.56. The summed E-state index contributed by atoms with van der Waals surface area (Å²) in [5.41, 5.74) is 1.66. The van der Waals surface area contributed by atoms with Gasteiger partial charge in [0.05, 0.1) is 4.90 Å². The van der Waals surface area contributed by atoms with Crippen LogP contribution in [0.5, 0.6) is 11.5 Å². The van der Waals surface area contributed by atoms with Crippen molar-refractivity contribution in [1.82, 2.24) is 0 Å². The van der Waals surface area contributed by atoms with Crippen LogP contribution in [0.25, 0.3) is 0 Å². The van der Waals surface area contributed by atoms with Crippen molar-refractivity contribution >= 4 is 27.3 Å². The van der Waals surface area contributed by atoms with E-state index in [1.165, 1.54) is 19.1 Å². The predicted molar refractivity (Wildman–Crippen MR) is 109 cm³/mol. The first kappa shape index (κ1) is 19.4. The van der Waals surface area contributed by atoms with Crippen molar-refractivity contribution in [2.24, 2.45) is 0 Å². The van der Waals surface area contributed by atoms with Gasteiger partial charge in [0.25, 0.3) is 10.0 Å². The quantitative estimate of drug-likeness (QED) is 0.640. The first-order chi connectivity index (χ1) is 13.3. The molecule has 0 aliphatic rings. The van der Waals surface area contributed by atoms with E-state index in [1.54, 1.807) is 37.3 Å². The highest BCUT2D eigenvalue weighted by atomic mass is 32.2. The van der Waals surface area contributed by atoms with E-state index in [9.17, 15) is 13.2 Å². The summed E-state index contributed by atoms with van der Waals surface area (Å²) in [6, 6.07) is 20.5. The first-order valence-corrected chi connectivity index (χ1v) is 10.1. The summed E-state index contributed by atoms with van der Waals surface area (Å²) in [5.74, 6) is 1.09. The second-order valence-corrected chi connectivity index (χ2v) is 7.89. The van der Waals surface area contributed by atoms with Crippen LogP contribution < -0.4 is 14.8 Å². The molecule has 3 aromatic carbocycles. The molecule has 0 aliphatic carbocycles. The molecule has 7 heteroatoms.